The lowest BCUT2D eigenvalue weighted by Gasteiger charge is -2.39. The molecule has 2 aromatic heterocycles. The van der Waals surface area contributed by atoms with Gasteiger partial charge in [-0.2, -0.15) is 0 Å². The molecule has 0 bridgehead atoms. The molecule has 28 heteroatoms. The second kappa shape index (κ2) is 47.5. The standard InChI is InChI=1S/C94H154N6O22/c1-29-99-63-46-67(47-64-99)68-48-65-100(66-49-68)62-32-30-31-33-69(101)95-91(50-34-70(102)96-92(53-37-73(105)114-82(2,3)4,54-38-74(106)115-83(5,6)7)55-39-75(107)116-84(8,9)10,51-35-71(103)97-93(56-40-76(108)117-85(11,12)13,57-41-77(109)118-86(14,15)16)58-42-78(110)119-87(17,18)19)52-36-72(104)98-94(59-43-79(111)120-88(20,21)22,60-44-80(112)121-89(23,24)25)61-45-81(113)122-90(26,27)28/h46-49,63-66H,29-45,50-62H2,1-28H3,(H2-2,95,96,97,98,101,102,103,104)/p+2. The predicted molar refractivity (Wildman–Crippen MR) is 463 cm³/mol. The predicted octanol–water partition coefficient (Wildman–Crippen LogP) is 15.4. The molecule has 4 N–H and O–H groups in total. The quantitative estimate of drug-likeness (QED) is 0.0207. The van der Waals surface area contributed by atoms with Crippen LogP contribution in [-0.2, 0) is 118 Å². The van der Waals surface area contributed by atoms with Gasteiger partial charge < -0.3 is 63.9 Å². The first-order valence-corrected chi connectivity index (χ1v) is 43.8. The lowest BCUT2D eigenvalue weighted by Crippen LogP contribution is -2.54. The minimum atomic E-state index is -1.75. The molecule has 4 amide bonds. The Kier molecular flexibility index (Phi) is 42.6. The highest BCUT2D eigenvalue weighted by Crippen LogP contribution is 2.36. The smallest absolute Gasteiger partial charge is 0.306 e. The van der Waals surface area contributed by atoms with Crippen LogP contribution in [0.5, 0.6) is 0 Å². The maximum Gasteiger partial charge on any atom is 0.306 e. The lowest BCUT2D eigenvalue weighted by molar-refractivity contribution is -0.697. The van der Waals surface area contributed by atoms with E-state index in [0.717, 1.165) is 17.7 Å². The Morgan fingerprint density at radius 2 is 0.393 bits per heavy atom. The molecule has 28 nitrogen and oxygen atoms in total. The molecule has 122 heavy (non-hydrogen) atoms. The first-order valence-electron chi connectivity index (χ1n) is 43.8. The Labute approximate surface area is 728 Å². The third kappa shape index (κ3) is 51.5. The molecule has 2 heterocycles. The van der Waals surface area contributed by atoms with Crippen molar-refractivity contribution in [2.45, 2.75) is 459 Å². The van der Waals surface area contributed by atoms with Crippen LogP contribution in [0.15, 0.2) is 49.1 Å². The van der Waals surface area contributed by atoms with Gasteiger partial charge in [-0.3, -0.25) is 62.3 Å². The van der Waals surface area contributed by atoms with E-state index in [1.165, 1.54) is 0 Å². The number of ether oxygens (including phenoxy) is 9. The summed E-state index contributed by atoms with van der Waals surface area (Å²) in [6.45, 7) is 49.3. The van der Waals surface area contributed by atoms with Crippen molar-refractivity contribution in [1.82, 2.24) is 21.3 Å². The van der Waals surface area contributed by atoms with Crippen LogP contribution >= 0.6 is 0 Å². The normalized spacial score (nSPS) is 12.9. The second-order valence-corrected chi connectivity index (χ2v) is 41.6. The van der Waals surface area contributed by atoms with E-state index in [9.17, 15) is 43.2 Å². The number of aryl methyl sites for hydroxylation is 2. The van der Waals surface area contributed by atoms with Gasteiger partial charge in [0.15, 0.2) is 24.8 Å². The number of rotatable bonds is 48. The zero-order valence-electron chi connectivity index (χ0n) is 79.7. The van der Waals surface area contributed by atoms with Crippen molar-refractivity contribution < 1.29 is 114 Å². The van der Waals surface area contributed by atoms with Gasteiger partial charge in [0.2, 0.25) is 23.6 Å². The highest BCUT2D eigenvalue weighted by molar-refractivity contribution is 5.82. The number of carbonyl (C=O) groups excluding carboxylic acids is 13. The lowest BCUT2D eigenvalue weighted by atomic mass is 9.80. The molecule has 692 valence electrons. The molecular weight excluding hydrogens is 1570 g/mol. The first-order chi connectivity index (χ1) is 55.6. The fraction of sp³-hybridized carbons (Fsp3) is 0.755. The number of nitrogens with zero attached hydrogens (tertiary/aromatic N) is 2. The molecule has 0 aliphatic rings. The molecule has 0 aliphatic heterocycles. The minimum Gasteiger partial charge on any atom is -0.460 e. The third-order valence-corrected chi connectivity index (χ3v) is 19.0. The molecule has 2 aromatic rings. The Morgan fingerprint density at radius 3 is 0.566 bits per heavy atom. The maximum absolute atomic E-state index is 15.7. The van der Waals surface area contributed by atoms with Gasteiger partial charge >= 0.3 is 53.7 Å². The zero-order valence-corrected chi connectivity index (χ0v) is 79.7. The highest BCUT2D eigenvalue weighted by Gasteiger charge is 2.43. The molecule has 0 saturated carbocycles. The van der Waals surface area contributed by atoms with Gasteiger partial charge in [-0.1, -0.05) is 0 Å². The summed E-state index contributed by atoms with van der Waals surface area (Å²) in [7, 11) is 0. The number of hydrogen-bond acceptors (Lipinski definition) is 22. The average molecular weight is 1720 g/mol. The van der Waals surface area contributed by atoms with Gasteiger partial charge in [-0.15, -0.1) is 0 Å². The fourth-order valence-corrected chi connectivity index (χ4v) is 13.8. The maximum atomic E-state index is 15.7. The molecule has 0 atom stereocenters. The summed E-state index contributed by atoms with van der Waals surface area (Å²) in [6.07, 6.45) is 2.91. The van der Waals surface area contributed by atoms with Gasteiger partial charge in [-0.25, -0.2) is 9.13 Å². The van der Waals surface area contributed by atoms with E-state index in [-0.39, 0.29) is 141 Å². The Morgan fingerprint density at radius 1 is 0.230 bits per heavy atom. The molecule has 0 saturated heterocycles. The van der Waals surface area contributed by atoms with E-state index in [4.69, 9.17) is 42.6 Å². The molecule has 0 radical (unpaired) electrons. The largest absolute Gasteiger partial charge is 0.460 e. The van der Waals surface area contributed by atoms with Gasteiger partial charge in [-0.05, 0) is 295 Å². The molecule has 0 fully saturated rings. The number of esters is 9. The van der Waals surface area contributed by atoms with Crippen LogP contribution in [0.2, 0.25) is 0 Å². The van der Waals surface area contributed by atoms with E-state index in [1.54, 1.807) is 187 Å². The zero-order chi connectivity index (χ0) is 93.4. The summed E-state index contributed by atoms with van der Waals surface area (Å²) in [5.41, 5.74) is -12.7. The molecule has 0 spiro atoms. The average Bonchev–Trinajstić information content (AvgIpc) is 0.820. The molecule has 0 aliphatic carbocycles. The van der Waals surface area contributed by atoms with Crippen molar-refractivity contribution in [1.29, 1.82) is 0 Å². The molecular formula is C94H156N6O22+2. The summed E-state index contributed by atoms with van der Waals surface area (Å²) in [5, 5.41) is 12.7. The number of nitrogens with one attached hydrogen (secondary N) is 4. The van der Waals surface area contributed by atoms with Crippen molar-refractivity contribution in [2.75, 3.05) is 0 Å². The Hall–Kier alpha value is -8.59. The summed E-state index contributed by atoms with van der Waals surface area (Å²) in [6, 6.07) is 8.19. The van der Waals surface area contributed by atoms with Crippen molar-refractivity contribution >= 4 is 77.4 Å². The van der Waals surface area contributed by atoms with E-state index in [0.29, 0.717) is 25.8 Å². The van der Waals surface area contributed by atoms with Gasteiger partial charge in [0.05, 0.1) is 0 Å². The van der Waals surface area contributed by atoms with E-state index in [1.807, 2.05) is 36.9 Å². The van der Waals surface area contributed by atoms with Crippen LogP contribution in [0.3, 0.4) is 0 Å². The van der Waals surface area contributed by atoms with Crippen LogP contribution in [-0.4, -0.2) is 150 Å². The number of carbonyl (C=O) groups is 13. The number of amides is 4. The molecule has 2 rings (SSSR count). The van der Waals surface area contributed by atoms with Gasteiger partial charge in [0.25, 0.3) is 0 Å². The third-order valence-electron chi connectivity index (χ3n) is 19.0. The molecule has 0 unspecified atom stereocenters. The van der Waals surface area contributed by atoms with Crippen molar-refractivity contribution in [3.63, 3.8) is 0 Å². The van der Waals surface area contributed by atoms with Gasteiger partial charge in [0, 0.05) is 136 Å². The number of unbranched alkanes of at least 4 members (excludes halogenated alkanes) is 2. The summed E-state index contributed by atoms with van der Waals surface area (Å²) < 4.78 is 56.1. The van der Waals surface area contributed by atoms with Gasteiger partial charge in [0.1, 0.15) is 63.5 Å². The Balaban J connectivity index is 3.28. The van der Waals surface area contributed by atoms with Crippen LogP contribution in [0.25, 0.3) is 11.1 Å². The number of hydrogen-bond donors (Lipinski definition) is 4. The van der Waals surface area contributed by atoms with Crippen LogP contribution < -0.4 is 30.4 Å². The second-order valence-electron chi connectivity index (χ2n) is 41.6. The van der Waals surface area contributed by atoms with Crippen LogP contribution in [0, 0.1) is 0 Å². The van der Waals surface area contributed by atoms with E-state index in [2.05, 4.69) is 49.5 Å². The SMILES string of the molecule is CC[n+]1ccc(-c2cc[n+](CCCCCC(=O)NC(CCC(=O)NC(CCC(=O)OC(C)(C)C)(CCC(=O)OC(C)(C)C)CCC(=O)OC(C)(C)C)(CCC(=O)NC(CCC(=O)OC(C)(C)C)(CCC(=O)OC(C)(C)C)CCC(=O)OC(C)(C)C)CCC(=O)NC(CCC(=O)OC(C)(C)C)(CCC(=O)OC(C)(C)C)CCC(=O)OC(C)(C)C)cc2)cc1. The summed E-state index contributed by atoms with van der Waals surface area (Å²) >= 11 is 0. The monoisotopic (exact) mass is 1720 g/mol. The number of pyridine rings is 2. The van der Waals surface area contributed by atoms with E-state index < -0.39 is 169 Å². The summed E-state index contributed by atoms with van der Waals surface area (Å²) in [5.74, 6) is -8.41. The Bertz CT molecular complexity index is 3220. The summed E-state index contributed by atoms with van der Waals surface area (Å²) in [4.78, 5) is 187. The highest BCUT2D eigenvalue weighted by atomic mass is 16.6. The van der Waals surface area contributed by atoms with Crippen molar-refractivity contribution in [3.05, 3.63) is 49.1 Å². The fourth-order valence-electron chi connectivity index (χ4n) is 13.8. The van der Waals surface area contributed by atoms with Crippen LogP contribution in [0.1, 0.15) is 374 Å². The first kappa shape index (κ1) is 109. The van der Waals surface area contributed by atoms with Crippen molar-refractivity contribution in [2.24, 2.45) is 0 Å². The van der Waals surface area contributed by atoms with Crippen LogP contribution in [0.4, 0.5) is 0 Å². The number of aromatic nitrogens is 2. The minimum absolute atomic E-state index is 0.0863. The van der Waals surface area contributed by atoms with E-state index >= 15 is 19.2 Å². The molecule has 0 aromatic carbocycles. The topological polar surface area (TPSA) is 361 Å². The van der Waals surface area contributed by atoms with Crippen molar-refractivity contribution in [3.8, 4) is 11.1 Å².